The average Bonchev–Trinajstić information content (AvgIpc) is 2.76. The van der Waals surface area contributed by atoms with Gasteiger partial charge in [0.25, 0.3) is 0 Å². The van der Waals surface area contributed by atoms with Crippen molar-refractivity contribution in [2.24, 2.45) is 29.6 Å². The lowest BCUT2D eigenvalue weighted by Gasteiger charge is -2.40. The van der Waals surface area contributed by atoms with Gasteiger partial charge in [0.2, 0.25) is 0 Å². The fourth-order valence-electron chi connectivity index (χ4n) is 4.53. The molecule has 2 aliphatic carbocycles. The van der Waals surface area contributed by atoms with Gasteiger partial charge in [-0.2, -0.15) is 0 Å². The van der Waals surface area contributed by atoms with E-state index in [9.17, 15) is 0 Å². The molecule has 0 spiro atoms. The molecular weight excluding hydrogens is 218 g/mol. The molecule has 1 heteroatoms. The van der Waals surface area contributed by atoms with Crippen LogP contribution in [-0.2, 0) is 0 Å². The molecule has 0 amide bonds. The molecule has 2 fully saturated rings. The fraction of sp³-hybridized carbons (Fsp3) is 1.00. The van der Waals surface area contributed by atoms with Gasteiger partial charge >= 0.3 is 0 Å². The lowest BCUT2D eigenvalue weighted by atomic mass is 9.69. The molecule has 106 valence electrons. The average molecular weight is 251 g/mol. The summed E-state index contributed by atoms with van der Waals surface area (Å²) < 4.78 is 0. The van der Waals surface area contributed by atoms with Crippen LogP contribution >= 0.6 is 0 Å². The zero-order chi connectivity index (χ0) is 13.1. The first-order chi connectivity index (χ1) is 8.63. The first kappa shape index (κ1) is 14.4. The van der Waals surface area contributed by atoms with E-state index < -0.39 is 0 Å². The van der Waals surface area contributed by atoms with Crippen LogP contribution in [0.3, 0.4) is 0 Å². The Morgan fingerprint density at radius 1 is 0.944 bits per heavy atom. The Balaban J connectivity index is 2.00. The molecule has 0 radical (unpaired) electrons. The summed E-state index contributed by atoms with van der Waals surface area (Å²) in [6.07, 6.45) is 8.78. The smallest absolute Gasteiger partial charge is 0.0126 e. The normalized spacial score (nSPS) is 43.0. The highest BCUT2D eigenvalue weighted by atomic mass is 14.9. The number of hydrogen-bond acceptors (Lipinski definition) is 1. The van der Waals surface area contributed by atoms with Gasteiger partial charge < -0.3 is 5.32 Å². The van der Waals surface area contributed by atoms with E-state index in [0.717, 1.165) is 42.2 Å². The minimum Gasteiger partial charge on any atom is -0.314 e. The SMILES string of the molecule is CCNC(C1CCC(C)C(C)C1)C1CCCC1C. The number of nitrogens with one attached hydrogen (secondary N) is 1. The molecule has 6 unspecified atom stereocenters. The van der Waals surface area contributed by atoms with Gasteiger partial charge in [0.15, 0.2) is 0 Å². The van der Waals surface area contributed by atoms with Crippen LogP contribution in [0.4, 0.5) is 0 Å². The van der Waals surface area contributed by atoms with E-state index in [1.807, 2.05) is 0 Å². The predicted molar refractivity (Wildman–Crippen MR) is 79.6 cm³/mol. The highest BCUT2D eigenvalue weighted by molar-refractivity contribution is 4.91. The molecule has 0 aromatic heterocycles. The van der Waals surface area contributed by atoms with Crippen molar-refractivity contribution in [1.29, 1.82) is 0 Å². The van der Waals surface area contributed by atoms with E-state index in [-0.39, 0.29) is 0 Å². The van der Waals surface area contributed by atoms with E-state index >= 15 is 0 Å². The Morgan fingerprint density at radius 2 is 1.72 bits per heavy atom. The summed E-state index contributed by atoms with van der Waals surface area (Å²) in [5, 5.41) is 3.86. The summed E-state index contributed by atoms with van der Waals surface area (Å²) in [4.78, 5) is 0. The van der Waals surface area contributed by atoms with Crippen molar-refractivity contribution in [3.8, 4) is 0 Å². The second-order valence-corrected chi connectivity index (χ2v) is 7.18. The molecular formula is C17H33N. The van der Waals surface area contributed by atoms with E-state index in [1.165, 1.54) is 38.5 Å². The van der Waals surface area contributed by atoms with Gasteiger partial charge in [-0.15, -0.1) is 0 Å². The quantitative estimate of drug-likeness (QED) is 0.777. The largest absolute Gasteiger partial charge is 0.314 e. The molecule has 1 N–H and O–H groups in total. The van der Waals surface area contributed by atoms with E-state index in [4.69, 9.17) is 0 Å². The van der Waals surface area contributed by atoms with Crippen molar-refractivity contribution in [3.05, 3.63) is 0 Å². The minimum absolute atomic E-state index is 0.808. The highest BCUT2D eigenvalue weighted by Gasteiger charge is 2.37. The van der Waals surface area contributed by atoms with Crippen LogP contribution in [0.2, 0.25) is 0 Å². The standard InChI is InChI=1S/C17H33N/c1-5-18-17(16-8-6-7-13(16)3)15-10-9-12(2)14(4)11-15/h12-18H,5-11H2,1-4H3. The van der Waals surface area contributed by atoms with Gasteiger partial charge in [-0.05, 0) is 55.4 Å². The van der Waals surface area contributed by atoms with E-state index in [1.54, 1.807) is 0 Å². The summed E-state index contributed by atoms with van der Waals surface area (Å²) in [6.45, 7) is 10.8. The van der Waals surface area contributed by atoms with Gasteiger partial charge in [-0.25, -0.2) is 0 Å². The molecule has 0 heterocycles. The first-order valence-electron chi connectivity index (χ1n) is 8.36. The van der Waals surface area contributed by atoms with Crippen LogP contribution in [-0.4, -0.2) is 12.6 Å². The summed E-state index contributed by atoms with van der Waals surface area (Å²) >= 11 is 0. The van der Waals surface area contributed by atoms with E-state index in [2.05, 4.69) is 33.0 Å². The predicted octanol–water partition coefficient (Wildman–Crippen LogP) is 4.47. The van der Waals surface area contributed by atoms with Crippen LogP contribution in [0.25, 0.3) is 0 Å². The number of hydrogen-bond donors (Lipinski definition) is 1. The monoisotopic (exact) mass is 251 g/mol. The van der Waals surface area contributed by atoms with Gasteiger partial charge in [0.1, 0.15) is 0 Å². The highest BCUT2D eigenvalue weighted by Crippen LogP contribution is 2.42. The molecule has 0 aromatic rings. The van der Waals surface area contributed by atoms with Crippen LogP contribution in [0, 0.1) is 29.6 Å². The third-order valence-electron chi connectivity index (χ3n) is 5.98. The Labute approximate surface area is 114 Å². The molecule has 2 aliphatic rings. The van der Waals surface area contributed by atoms with Gasteiger partial charge in [0, 0.05) is 6.04 Å². The van der Waals surface area contributed by atoms with Crippen molar-refractivity contribution < 1.29 is 0 Å². The molecule has 2 saturated carbocycles. The second kappa shape index (κ2) is 6.41. The van der Waals surface area contributed by atoms with Crippen molar-refractivity contribution in [2.75, 3.05) is 6.54 Å². The second-order valence-electron chi connectivity index (χ2n) is 7.18. The van der Waals surface area contributed by atoms with Gasteiger partial charge in [-0.3, -0.25) is 0 Å². The minimum atomic E-state index is 0.808. The molecule has 0 aromatic carbocycles. The zero-order valence-corrected chi connectivity index (χ0v) is 12.9. The molecule has 18 heavy (non-hydrogen) atoms. The maximum atomic E-state index is 3.86. The zero-order valence-electron chi connectivity index (χ0n) is 12.9. The molecule has 1 nitrogen and oxygen atoms in total. The number of rotatable bonds is 4. The van der Waals surface area contributed by atoms with Crippen molar-refractivity contribution in [1.82, 2.24) is 5.32 Å². The summed E-state index contributed by atoms with van der Waals surface area (Å²) in [7, 11) is 0. The fourth-order valence-corrected chi connectivity index (χ4v) is 4.53. The first-order valence-corrected chi connectivity index (χ1v) is 8.36. The molecule has 0 saturated heterocycles. The van der Waals surface area contributed by atoms with Gasteiger partial charge in [-0.1, -0.05) is 47.0 Å². The Morgan fingerprint density at radius 3 is 2.28 bits per heavy atom. The Bertz CT molecular complexity index is 250. The van der Waals surface area contributed by atoms with Crippen LogP contribution < -0.4 is 5.32 Å². The Hall–Kier alpha value is -0.0400. The lowest BCUT2D eigenvalue weighted by Crippen LogP contribution is -2.45. The molecule has 0 bridgehead atoms. The van der Waals surface area contributed by atoms with Crippen LogP contribution in [0.5, 0.6) is 0 Å². The van der Waals surface area contributed by atoms with Crippen LogP contribution in [0.1, 0.15) is 66.2 Å². The maximum absolute atomic E-state index is 3.86. The van der Waals surface area contributed by atoms with E-state index in [0.29, 0.717) is 0 Å². The Kier molecular flexibility index (Phi) is 5.12. The van der Waals surface area contributed by atoms with Crippen molar-refractivity contribution in [2.45, 2.75) is 72.3 Å². The molecule has 2 rings (SSSR count). The van der Waals surface area contributed by atoms with Crippen molar-refractivity contribution >= 4 is 0 Å². The molecule has 6 atom stereocenters. The summed E-state index contributed by atoms with van der Waals surface area (Å²) in [6, 6.07) is 0.808. The lowest BCUT2D eigenvalue weighted by molar-refractivity contribution is 0.129. The summed E-state index contributed by atoms with van der Waals surface area (Å²) in [5.74, 6) is 4.73. The topological polar surface area (TPSA) is 12.0 Å². The third-order valence-corrected chi connectivity index (χ3v) is 5.98. The van der Waals surface area contributed by atoms with Crippen molar-refractivity contribution in [3.63, 3.8) is 0 Å². The maximum Gasteiger partial charge on any atom is 0.0126 e. The third kappa shape index (κ3) is 3.10. The summed E-state index contributed by atoms with van der Waals surface area (Å²) in [5.41, 5.74) is 0. The van der Waals surface area contributed by atoms with Crippen LogP contribution in [0.15, 0.2) is 0 Å². The van der Waals surface area contributed by atoms with Gasteiger partial charge in [0.05, 0.1) is 0 Å². The molecule has 0 aliphatic heterocycles.